The van der Waals surface area contributed by atoms with Gasteiger partial charge in [-0.1, -0.05) is 11.6 Å². The molecule has 2 rings (SSSR count). The number of carbonyl (C=O) groups excluding carboxylic acids is 1. The summed E-state index contributed by atoms with van der Waals surface area (Å²) < 4.78 is 15.6. The molecule has 144 valence electrons. The average molecular weight is 394 g/mol. The number of carboxylic acid groups (broad SMARTS) is 1. The molecule has 2 aromatic carbocycles. The van der Waals surface area contributed by atoms with Crippen LogP contribution in [0.3, 0.4) is 0 Å². The molecular weight excluding hydrogens is 374 g/mol. The SMILES string of the molecule is COc1cc(CN(CC(=O)O)C(=O)c2ccc(Cl)c(OC)c2)cc(OC)c1. The number of ether oxygens (including phenoxy) is 3. The van der Waals surface area contributed by atoms with Crippen molar-refractivity contribution in [3.63, 3.8) is 0 Å². The topological polar surface area (TPSA) is 85.3 Å². The van der Waals surface area contributed by atoms with E-state index in [0.717, 1.165) is 0 Å². The predicted molar refractivity (Wildman–Crippen MR) is 99.9 cm³/mol. The summed E-state index contributed by atoms with van der Waals surface area (Å²) in [5, 5.41) is 9.57. The zero-order chi connectivity index (χ0) is 20.0. The molecule has 8 heteroatoms. The molecule has 7 nitrogen and oxygen atoms in total. The average Bonchev–Trinajstić information content (AvgIpc) is 2.66. The lowest BCUT2D eigenvalue weighted by Crippen LogP contribution is -2.35. The summed E-state index contributed by atoms with van der Waals surface area (Å²) in [5.74, 6) is -0.172. The Bertz CT molecular complexity index is 817. The third-order valence-corrected chi connectivity index (χ3v) is 4.11. The number of carbonyl (C=O) groups is 2. The molecule has 0 unspecified atom stereocenters. The number of benzene rings is 2. The third-order valence-electron chi connectivity index (χ3n) is 3.80. The van der Waals surface area contributed by atoms with E-state index < -0.39 is 18.4 Å². The zero-order valence-corrected chi connectivity index (χ0v) is 15.9. The highest BCUT2D eigenvalue weighted by atomic mass is 35.5. The number of nitrogens with zero attached hydrogens (tertiary/aromatic N) is 1. The fraction of sp³-hybridized carbons (Fsp3) is 0.263. The van der Waals surface area contributed by atoms with E-state index in [4.69, 9.17) is 25.8 Å². The summed E-state index contributed by atoms with van der Waals surface area (Å²) in [6.45, 7) is -0.410. The van der Waals surface area contributed by atoms with Gasteiger partial charge in [0, 0.05) is 18.2 Å². The Morgan fingerprint density at radius 1 is 1.00 bits per heavy atom. The number of carboxylic acids is 1. The van der Waals surface area contributed by atoms with Crippen molar-refractivity contribution in [1.82, 2.24) is 4.90 Å². The van der Waals surface area contributed by atoms with Gasteiger partial charge in [0.2, 0.25) is 0 Å². The van der Waals surface area contributed by atoms with E-state index in [-0.39, 0.29) is 12.1 Å². The van der Waals surface area contributed by atoms with Crippen LogP contribution in [-0.2, 0) is 11.3 Å². The number of methoxy groups -OCH3 is 3. The van der Waals surface area contributed by atoms with Gasteiger partial charge in [-0.25, -0.2) is 0 Å². The molecule has 0 aliphatic carbocycles. The minimum absolute atomic E-state index is 0.0592. The third kappa shape index (κ3) is 5.27. The molecule has 2 aromatic rings. The molecule has 0 aliphatic heterocycles. The van der Waals surface area contributed by atoms with Crippen molar-refractivity contribution in [1.29, 1.82) is 0 Å². The lowest BCUT2D eigenvalue weighted by atomic mass is 10.1. The summed E-state index contributed by atoms with van der Waals surface area (Å²) in [7, 11) is 4.46. The Kier molecular flexibility index (Phi) is 6.90. The van der Waals surface area contributed by atoms with Crippen LogP contribution in [0.5, 0.6) is 17.2 Å². The lowest BCUT2D eigenvalue weighted by molar-refractivity contribution is -0.137. The van der Waals surface area contributed by atoms with Crippen molar-refractivity contribution in [2.24, 2.45) is 0 Å². The van der Waals surface area contributed by atoms with Gasteiger partial charge in [-0.15, -0.1) is 0 Å². The number of hydrogen-bond donors (Lipinski definition) is 1. The first-order valence-corrected chi connectivity index (χ1v) is 8.32. The van der Waals surface area contributed by atoms with Crippen molar-refractivity contribution in [3.8, 4) is 17.2 Å². The fourth-order valence-corrected chi connectivity index (χ4v) is 2.71. The summed E-state index contributed by atoms with van der Waals surface area (Å²) in [4.78, 5) is 25.4. The molecule has 0 fully saturated rings. The minimum Gasteiger partial charge on any atom is -0.497 e. The van der Waals surface area contributed by atoms with Crippen LogP contribution in [-0.4, -0.2) is 49.8 Å². The van der Waals surface area contributed by atoms with Gasteiger partial charge in [-0.05, 0) is 35.9 Å². The zero-order valence-electron chi connectivity index (χ0n) is 15.2. The number of aliphatic carboxylic acids is 1. The van der Waals surface area contributed by atoms with Gasteiger partial charge in [-0.3, -0.25) is 9.59 Å². The van der Waals surface area contributed by atoms with Crippen molar-refractivity contribution in [3.05, 3.63) is 52.5 Å². The summed E-state index contributed by atoms with van der Waals surface area (Å²) in [6.07, 6.45) is 0. The highest BCUT2D eigenvalue weighted by molar-refractivity contribution is 6.32. The van der Waals surface area contributed by atoms with Crippen LogP contribution in [0.2, 0.25) is 5.02 Å². The van der Waals surface area contributed by atoms with E-state index in [0.29, 0.717) is 27.8 Å². The van der Waals surface area contributed by atoms with Crippen LogP contribution < -0.4 is 14.2 Å². The maximum Gasteiger partial charge on any atom is 0.323 e. The maximum absolute atomic E-state index is 12.9. The van der Waals surface area contributed by atoms with Crippen LogP contribution in [0.1, 0.15) is 15.9 Å². The smallest absolute Gasteiger partial charge is 0.323 e. The quantitative estimate of drug-likeness (QED) is 0.741. The van der Waals surface area contributed by atoms with E-state index in [1.54, 1.807) is 18.2 Å². The minimum atomic E-state index is -1.13. The van der Waals surface area contributed by atoms with Gasteiger partial charge >= 0.3 is 5.97 Å². The second kappa shape index (κ2) is 9.14. The molecule has 0 atom stereocenters. The molecule has 1 N–H and O–H groups in total. The first-order valence-electron chi connectivity index (χ1n) is 7.94. The Hall–Kier alpha value is -2.93. The van der Waals surface area contributed by atoms with Gasteiger partial charge in [0.15, 0.2) is 0 Å². The van der Waals surface area contributed by atoms with Crippen molar-refractivity contribution in [2.75, 3.05) is 27.9 Å². The summed E-state index contributed by atoms with van der Waals surface area (Å²) in [5.41, 5.74) is 0.939. The maximum atomic E-state index is 12.9. The first kappa shape index (κ1) is 20.4. The Morgan fingerprint density at radius 3 is 2.15 bits per heavy atom. The second-order valence-electron chi connectivity index (χ2n) is 5.63. The molecule has 0 radical (unpaired) electrons. The van der Waals surface area contributed by atoms with Gasteiger partial charge < -0.3 is 24.2 Å². The number of hydrogen-bond acceptors (Lipinski definition) is 5. The number of rotatable bonds is 8. The van der Waals surface area contributed by atoms with Crippen molar-refractivity contribution >= 4 is 23.5 Å². The summed E-state index contributed by atoms with van der Waals surface area (Å²) >= 11 is 5.99. The molecule has 27 heavy (non-hydrogen) atoms. The molecule has 0 aliphatic rings. The van der Waals surface area contributed by atoms with Gasteiger partial charge in [-0.2, -0.15) is 0 Å². The number of amides is 1. The van der Waals surface area contributed by atoms with Crippen LogP contribution in [0, 0.1) is 0 Å². The lowest BCUT2D eigenvalue weighted by Gasteiger charge is -2.22. The monoisotopic (exact) mass is 393 g/mol. The molecule has 0 bridgehead atoms. The van der Waals surface area contributed by atoms with E-state index in [1.165, 1.54) is 44.4 Å². The van der Waals surface area contributed by atoms with Gasteiger partial charge in [0.05, 0.1) is 26.4 Å². The molecule has 0 saturated heterocycles. The Morgan fingerprint density at radius 2 is 1.63 bits per heavy atom. The van der Waals surface area contributed by atoms with Crippen LogP contribution >= 0.6 is 11.6 Å². The number of halogens is 1. The highest BCUT2D eigenvalue weighted by Gasteiger charge is 2.21. The molecule has 0 spiro atoms. The van der Waals surface area contributed by atoms with Crippen LogP contribution in [0.4, 0.5) is 0 Å². The highest BCUT2D eigenvalue weighted by Crippen LogP contribution is 2.27. The summed E-state index contributed by atoms with van der Waals surface area (Å²) in [6, 6.07) is 9.65. The van der Waals surface area contributed by atoms with Gasteiger partial charge in [0.1, 0.15) is 23.8 Å². The molecular formula is C19H20ClNO6. The van der Waals surface area contributed by atoms with Crippen LogP contribution in [0.25, 0.3) is 0 Å². The molecule has 0 saturated carbocycles. The Balaban J connectivity index is 2.35. The molecule has 1 amide bonds. The van der Waals surface area contributed by atoms with E-state index in [9.17, 15) is 14.7 Å². The van der Waals surface area contributed by atoms with Gasteiger partial charge in [0.25, 0.3) is 5.91 Å². The second-order valence-corrected chi connectivity index (χ2v) is 6.03. The normalized spacial score (nSPS) is 10.2. The first-order chi connectivity index (χ1) is 12.9. The largest absolute Gasteiger partial charge is 0.497 e. The predicted octanol–water partition coefficient (Wildman–Crippen LogP) is 3.09. The van der Waals surface area contributed by atoms with Crippen LogP contribution in [0.15, 0.2) is 36.4 Å². The molecule has 0 heterocycles. The van der Waals surface area contributed by atoms with Crippen molar-refractivity contribution < 1.29 is 28.9 Å². The molecule has 0 aromatic heterocycles. The standard InChI is InChI=1S/C19H20ClNO6/c1-25-14-6-12(7-15(9-14)26-2)10-21(11-18(22)23)19(24)13-4-5-16(20)17(8-13)27-3/h4-9H,10-11H2,1-3H3,(H,22,23). The fourth-order valence-electron chi connectivity index (χ4n) is 2.52. The Labute approximate surface area is 162 Å². The van der Waals surface area contributed by atoms with E-state index >= 15 is 0 Å². The van der Waals surface area contributed by atoms with E-state index in [2.05, 4.69) is 0 Å². The van der Waals surface area contributed by atoms with Crippen molar-refractivity contribution in [2.45, 2.75) is 6.54 Å². The van der Waals surface area contributed by atoms with E-state index in [1.807, 2.05) is 0 Å².